The molecule has 1 fully saturated rings. The zero-order valence-corrected chi connectivity index (χ0v) is 14.3. The van der Waals surface area contributed by atoms with E-state index in [4.69, 9.17) is 5.11 Å². The predicted octanol–water partition coefficient (Wildman–Crippen LogP) is 2.07. The van der Waals surface area contributed by atoms with Gasteiger partial charge in [-0.05, 0) is 43.2 Å². The number of aryl methyl sites for hydroxylation is 1. The summed E-state index contributed by atoms with van der Waals surface area (Å²) >= 11 is 0. The van der Waals surface area contributed by atoms with Crippen LogP contribution < -0.4 is 4.90 Å². The Bertz CT molecular complexity index is 665. The van der Waals surface area contributed by atoms with E-state index in [2.05, 4.69) is 0 Å². The maximum absolute atomic E-state index is 12.6. The Labute approximate surface area is 147 Å². The third-order valence-electron chi connectivity index (χ3n) is 5.22. The SMILES string of the molecule is O=C(O)CCC1CCN(C(=O)CN2C(=O)CCc3ccccc32)CC1. The molecule has 0 bridgehead atoms. The second-order valence-electron chi connectivity index (χ2n) is 6.87. The molecule has 0 saturated carbocycles. The van der Waals surface area contributed by atoms with Crippen LogP contribution in [-0.4, -0.2) is 47.4 Å². The van der Waals surface area contributed by atoms with Crippen molar-refractivity contribution in [3.8, 4) is 0 Å². The smallest absolute Gasteiger partial charge is 0.303 e. The number of carboxylic acid groups (broad SMARTS) is 1. The Balaban J connectivity index is 1.56. The van der Waals surface area contributed by atoms with Crippen molar-refractivity contribution >= 4 is 23.5 Å². The molecule has 25 heavy (non-hydrogen) atoms. The van der Waals surface area contributed by atoms with Gasteiger partial charge in [-0.1, -0.05) is 18.2 Å². The molecule has 0 atom stereocenters. The van der Waals surface area contributed by atoms with Crippen LogP contribution >= 0.6 is 0 Å². The molecule has 1 N–H and O–H groups in total. The standard InChI is InChI=1S/C19H24N2O4/c22-17-7-6-15-3-1-2-4-16(15)21(17)13-18(23)20-11-9-14(10-12-20)5-8-19(24)25/h1-4,14H,5-13H2,(H,24,25). The third-order valence-corrected chi connectivity index (χ3v) is 5.22. The van der Waals surface area contributed by atoms with E-state index < -0.39 is 5.97 Å². The fraction of sp³-hybridized carbons (Fsp3) is 0.526. The lowest BCUT2D eigenvalue weighted by atomic mass is 9.92. The lowest BCUT2D eigenvalue weighted by molar-refractivity contribution is -0.138. The van der Waals surface area contributed by atoms with Crippen molar-refractivity contribution in [3.05, 3.63) is 29.8 Å². The highest BCUT2D eigenvalue weighted by molar-refractivity contribution is 6.01. The molecule has 0 spiro atoms. The first kappa shape index (κ1) is 17.5. The number of carbonyl (C=O) groups is 3. The monoisotopic (exact) mass is 344 g/mol. The number of para-hydroxylation sites is 1. The van der Waals surface area contributed by atoms with E-state index >= 15 is 0 Å². The number of anilines is 1. The van der Waals surface area contributed by atoms with Gasteiger partial charge in [0.05, 0.1) is 0 Å². The number of hydrogen-bond donors (Lipinski definition) is 1. The molecule has 0 aromatic heterocycles. The van der Waals surface area contributed by atoms with Crippen LogP contribution in [0.15, 0.2) is 24.3 Å². The van der Waals surface area contributed by atoms with E-state index in [1.165, 1.54) is 0 Å². The fourth-order valence-electron chi connectivity index (χ4n) is 3.70. The summed E-state index contributed by atoms with van der Waals surface area (Å²) in [6.45, 7) is 1.38. The second kappa shape index (κ2) is 7.68. The number of carbonyl (C=O) groups excluding carboxylic acids is 2. The summed E-state index contributed by atoms with van der Waals surface area (Å²) in [4.78, 5) is 39.0. The summed E-state index contributed by atoms with van der Waals surface area (Å²) in [5.41, 5.74) is 1.96. The minimum Gasteiger partial charge on any atom is -0.481 e. The number of aliphatic carboxylic acids is 1. The Hall–Kier alpha value is -2.37. The zero-order valence-electron chi connectivity index (χ0n) is 14.3. The molecule has 0 aliphatic carbocycles. The molecular formula is C19H24N2O4. The van der Waals surface area contributed by atoms with Gasteiger partial charge in [-0.25, -0.2) is 0 Å². The molecule has 0 unspecified atom stereocenters. The van der Waals surface area contributed by atoms with Crippen LogP contribution in [0.25, 0.3) is 0 Å². The summed E-state index contributed by atoms with van der Waals surface area (Å²) in [5.74, 6) is -0.414. The molecule has 0 radical (unpaired) electrons. The van der Waals surface area contributed by atoms with Gasteiger partial charge in [0.1, 0.15) is 6.54 Å². The number of likely N-dealkylation sites (tertiary alicyclic amines) is 1. The van der Waals surface area contributed by atoms with Gasteiger partial charge in [-0.2, -0.15) is 0 Å². The van der Waals surface area contributed by atoms with Gasteiger partial charge in [-0.3, -0.25) is 14.4 Å². The normalized spacial score (nSPS) is 18.2. The van der Waals surface area contributed by atoms with Crippen molar-refractivity contribution in [3.63, 3.8) is 0 Å². The van der Waals surface area contributed by atoms with Gasteiger partial charge in [0.15, 0.2) is 0 Å². The molecule has 1 saturated heterocycles. The van der Waals surface area contributed by atoms with Crippen molar-refractivity contribution < 1.29 is 19.5 Å². The predicted molar refractivity (Wildman–Crippen MR) is 93.3 cm³/mol. The number of fused-ring (bicyclic) bond motifs is 1. The van der Waals surface area contributed by atoms with Gasteiger partial charge in [0.25, 0.3) is 0 Å². The largest absolute Gasteiger partial charge is 0.481 e. The van der Waals surface area contributed by atoms with E-state index in [9.17, 15) is 14.4 Å². The van der Waals surface area contributed by atoms with Crippen LogP contribution in [0.1, 0.15) is 37.7 Å². The molecule has 2 amide bonds. The van der Waals surface area contributed by atoms with Crippen LogP contribution in [0.5, 0.6) is 0 Å². The highest BCUT2D eigenvalue weighted by Crippen LogP contribution is 2.28. The summed E-state index contributed by atoms with van der Waals surface area (Å²) in [6, 6.07) is 7.75. The number of benzene rings is 1. The number of nitrogens with zero attached hydrogens (tertiary/aromatic N) is 2. The van der Waals surface area contributed by atoms with Crippen LogP contribution in [0.4, 0.5) is 5.69 Å². The topological polar surface area (TPSA) is 77.9 Å². The van der Waals surface area contributed by atoms with E-state index in [1.54, 1.807) is 4.90 Å². The number of hydrogen-bond acceptors (Lipinski definition) is 3. The maximum atomic E-state index is 12.6. The Morgan fingerprint density at radius 3 is 2.56 bits per heavy atom. The number of amides is 2. The number of piperidine rings is 1. The minimum absolute atomic E-state index is 0.00314. The van der Waals surface area contributed by atoms with Gasteiger partial charge in [0.2, 0.25) is 11.8 Å². The van der Waals surface area contributed by atoms with Gasteiger partial charge < -0.3 is 14.9 Å². The first-order chi connectivity index (χ1) is 12.0. The molecule has 2 aliphatic heterocycles. The van der Waals surface area contributed by atoms with Crippen molar-refractivity contribution in [1.82, 2.24) is 4.90 Å². The van der Waals surface area contributed by atoms with E-state index in [0.29, 0.717) is 31.8 Å². The Morgan fingerprint density at radius 1 is 1.12 bits per heavy atom. The molecule has 3 rings (SSSR count). The van der Waals surface area contributed by atoms with Crippen LogP contribution in [0.3, 0.4) is 0 Å². The van der Waals surface area contributed by atoms with Crippen LogP contribution in [-0.2, 0) is 20.8 Å². The van der Waals surface area contributed by atoms with Crippen LogP contribution in [0, 0.1) is 5.92 Å². The molecule has 1 aromatic carbocycles. The van der Waals surface area contributed by atoms with E-state index in [1.807, 2.05) is 29.2 Å². The lowest BCUT2D eigenvalue weighted by Gasteiger charge is -2.35. The first-order valence-electron chi connectivity index (χ1n) is 8.92. The summed E-state index contributed by atoms with van der Waals surface area (Å²) < 4.78 is 0. The van der Waals surface area contributed by atoms with Crippen molar-refractivity contribution in [2.24, 2.45) is 5.92 Å². The van der Waals surface area contributed by atoms with Gasteiger partial charge in [-0.15, -0.1) is 0 Å². The summed E-state index contributed by atoms with van der Waals surface area (Å²) in [6.07, 6.45) is 3.72. The molecule has 2 heterocycles. The molecule has 2 aliphatic rings. The zero-order chi connectivity index (χ0) is 17.8. The van der Waals surface area contributed by atoms with Crippen molar-refractivity contribution in [2.45, 2.75) is 38.5 Å². The average molecular weight is 344 g/mol. The molecule has 6 heteroatoms. The average Bonchev–Trinajstić information content (AvgIpc) is 2.62. The van der Waals surface area contributed by atoms with E-state index in [-0.39, 0.29) is 24.8 Å². The molecule has 1 aromatic rings. The quantitative estimate of drug-likeness (QED) is 0.887. The molecule has 134 valence electrons. The molecule has 6 nitrogen and oxygen atoms in total. The van der Waals surface area contributed by atoms with Crippen molar-refractivity contribution in [1.29, 1.82) is 0 Å². The highest BCUT2D eigenvalue weighted by atomic mass is 16.4. The molecular weight excluding hydrogens is 320 g/mol. The van der Waals surface area contributed by atoms with Crippen LogP contribution in [0.2, 0.25) is 0 Å². The third kappa shape index (κ3) is 4.18. The Morgan fingerprint density at radius 2 is 1.84 bits per heavy atom. The van der Waals surface area contributed by atoms with E-state index in [0.717, 1.165) is 30.5 Å². The number of carboxylic acids is 1. The fourth-order valence-corrected chi connectivity index (χ4v) is 3.70. The number of rotatable bonds is 5. The second-order valence-corrected chi connectivity index (χ2v) is 6.87. The summed E-state index contributed by atoms with van der Waals surface area (Å²) in [5, 5.41) is 8.77. The minimum atomic E-state index is -0.763. The first-order valence-corrected chi connectivity index (χ1v) is 8.92. The van der Waals surface area contributed by atoms with Gasteiger partial charge >= 0.3 is 5.97 Å². The van der Waals surface area contributed by atoms with Crippen molar-refractivity contribution in [2.75, 3.05) is 24.5 Å². The summed E-state index contributed by atoms with van der Waals surface area (Å²) in [7, 11) is 0. The van der Waals surface area contributed by atoms with Gasteiger partial charge in [0, 0.05) is 31.6 Å². The lowest BCUT2D eigenvalue weighted by Crippen LogP contribution is -2.47. The Kier molecular flexibility index (Phi) is 5.36. The highest BCUT2D eigenvalue weighted by Gasteiger charge is 2.29. The maximum Gasteiger partial charge on any atom is 0.303 e.